The molecule has 1 N–H and O–H groups in total. The predicted octanol–water partition coefficient (Wildman–Crippen LogP) is 2.37. The lowest BCUT2D eigenvalue weighted by Gasteiger charge is -2.28. The van der Waals surface area contributed by atoms with Crippen LogP contribution >= 0.6 is 0 Å². The van der Waals surface area contributed by atoms with Crippen molar-refractivity contribution in [3.8, 4) is 0 Å². The first-order valence-corrected chi connectivity index (χ1v) is 10.0. The average molecular weight is 425 g/mol. The van der Waals surface area contributed by atoms with Crippen LogP contribution in [0.4, 0.5) is 4.39 Å². The Hall–Kier alpha value is -3.55. The van der Waals surface area contributed by atoms with Crippen LogP contribution in [0.1, 0.15) is 46.0 Å². The summed E-state index contributed by atoms with van der Waals surface area (Å²) in [5, 5.41) is 2.53. The molecule has 7 nitrogen and oxygen atoms in total. The van der Waals surface area contributed by atoms with Crippen LogP contribution in [0.2, 0.25) is 0 Å². The molecule has 1 heterocycles. The first-order chi connectivity index (χ1) is 14.8. The summed E-state index contributed by atoms with van der Waals surface area (Å²) >= 11 is 0. The van der Waals surface area contributed by atoms with Crippen molar-refractivity contribution in [1.82, 2.24) is 15.1 Å². The number of nitrogens with zero attached hydrogens (tertiary/aromatic N) is 2. The van der Waals surface area contributed by atoms with Gasteiger partial charge in [0.25, 0.3) is 11.8 Å². The molecule has 3 rings (SSSR count). The number of nitrogens with one attached hydrogen (secondary N) is 1. The van der Waals surface area contributed by atoms with E-state index in [-0.39, 0.29) is 55.4 Å². The second kappa shape index (κ2) is 9.51. The van der Waals surface area contributed by atoms with Crippen molar-refractivity contribution in [3.05, 3.63) is 71.0 Å². The van der Waals surface area contributed by atoms with Crippen LogP contribution < -0.4 is 5.32 Å². The van der Waals surface area contributed by atoms with E-state index in [4.69, 9.17) is 0 Å². The van der Waals surface area contributed by atoms with Gasteiger partial charge in [-0.15, -0.1) is 0 Å². The maximum Gasteiger partial charge on any atom is 0.261 e. The molecular formula is C23H24FN3O4. The van der Waals surface area contributed by atoms with Gasteiger partial charge in [0.05, 0.1) is 11.1 Å². The molecule has 0 aromatic heterocycles. The number of imide groups is 1. The van der Waals surface area contributed by atoms with E-state index in [9.17, 15) is 23.6 Å². The standard InChI is InChI=1S/C23H24FN3O4/c1-15(21(29)25-2)27(14-16-9-11-17(24)12-10-16)20(28)8-5-13-26-22(30)18-6-3-4-7-19(18)23(26)31/h3-4,6-7,9-12,15H,5,8,13-14H2,1-2H3,(H,25,29)/t15-/m1/s1. The van der Waals surface area contributed by atoms with Crippen molar-refractivity contribution >= 4 is 23.6 Å². The van der Waals surface area contributed by atoms with E-state index in [1.54, 1.807) is 43.3 Å². The Labute approximate surface area is 179 Å². The smallest absolute Gasteiger partial charge is 0.261 e. The Bertz CT molecular complexity index is 971. The quantitative estimate of drug-likeness (QED) is 0.658. The normalized spacial score (nSPS) is 13.7. The first-order valence-electron chi connectivity index (χ1n) is 10.0. The number of rotatable bonds is 8. The molecule has 1 atom stereocenters. The zero-order valence-corrected chi connectivity index (χ0v) is 17.4. The van der Waals surface area contributed by atoms with Crippen molar-refractivity contribution in [2.24, 2.45) is 0 Å². The second-order valence-electron chi connectivity index (χ2n) is 7.35. The Balaban J connectivity index is 1.65. The summed E-state index contributed by atoms with van der Waals surface area (Å²) in [7, 11) is 1.49. The van der Waals surface area contributed by atoms with Gasteiger partial charge in [-0.2, -0.15) is 0 Å². The number of carbonyl (C=O) groups excluding carboxylic acids is 4. The number of benzene rings is 2. The number of amides is 4. The molecule has 0 bridgehead atoms. The van der Waals surface area contributed by atoms with E-state index in [1.165, 1.54) is 24.1 Å². The summed E-state index contributed by atoms with van der Waals surface area (Å²) in [6, 6.07) is 11.6. The third-order valence-electron chi connectivity index (χ3n) is 5.33. The van der Waals surface area contributed by atoms with E-state index in [1.807, 2.05) is 0 Å². The van der Waals surface area contributed by atoms with Gasteiger partial charge in [-0.25, -0.2) is 4.39 Å². The van der Waals surface area contributed by atoms with Crippen molar-refractivity contribution in [2.45, 2.75) is 32.4 Å². The van der Waals surface area contributed by atoms with Gasteiger partial charge in [0, 0.05) is 26.6 Å². The third-order valence-corrected chi connectivity index (χ3v) is 5.33. The first kappa shape index (κ1) is 22.1. The number of halogens is 1. The van der Waals surface area contributed by atoms with Crippen LogP contribution in [-0.2, 0) is 16.1 Å². The van der Waals surface area contributed by atoms with Gasteiger partial charge in [0.15, 0.2) is 0 Å². The summed E-state index contributed by atoms with van der Waals surface area (Å²) < 4.78 is 13.2. The molecule has 0 saturated heterocycles. The molecule has 0 aliphatic carbocycles. The number of carbonyl (C=O) groups is 4. The zero-order chi connectivity index (χ0) is 22.5. The largest absolute Gasteiger partial charge is 0.357 e. The highest BCUT2D eigenvalue weighted by atomic mass is 19.1. The van der Waals surface area contributed by atoms with Crippen molar-refractivity contribution in [2.75, 3.05) is 13.6 Å². The van der Waals surface area contributed by atoms with Crippen LogP contribution in [0.5, 0.6) is 0 Å². The van der Waals surface area contributed by atoms with Crippen molar-refractivity contribution in [1.29, 1.82) is 0 Å². The van der Waals surface area contributed by atoms with E-state index in [2.05, 4.69) is 5.32 Å². The van der Waals surface area contributed by atoms with Crippen LogP contribution in [-0.4, -0.2) is 53.1 Å². The summed E-state index contributed by atoms with van der Waals surface area (Å²) in [6.45, 7) is 1.86. The Morgan fingerprint density at radius 1 is 1.03 bits per heavy atom. The van der Waals surface area contributed by atoms with Crippen LogP contribution in [0.25, 0.3) is 0 Å². The SMILES string of the molecule is CNC(=O)[C@@H](C)N(Cc1ccc(F)cc1)C(=O)CCCN1C(=O)c2ccccc2C1=O. The summed E-state index contributed by atoms with van der Waals surface area (Å²) in [4.78, 5) is 52.5. The van der Waals surface area contributed by atoms with E-state index in [0.29, 0.717) is 16.7 Å². The number of fused-ring (bicyclic) bond motifs is 1. The molecule has 2 aromatic rings. The monoisotopic (exact) mass is 425 g/mol. The Morgan fingerprint density at radius 2 is 1.61 bits per heavy atom. The third kappa shape index (κ3) is 4.79. The van der Waals surface area contributed by atoms with Gasteiger partial charge < -0.3 is 10.2 Å². The van der Waals surface area contributed by atoms with Gasteiger partial charge in [-0.05, 0) is 43.2 Å². The number of likely N-dealkylation sites (N-methyl/N-ethyl adjacent to an activating group) is 1. The van der Waals surface area contributed by atoms with Gasteiger partial charge in [0.2, 0.25) is 11.8 Å². The maximum atomic E-state index is 13.2. The molecule has 0 saturated carbocycles. The highest BCUT2D eigenvalue weighted by Crippen LogP contribution is 2.23. The lowest BCUT2D eigenvalue weighted by Crippen LogP contribution is -2.46. The maximum absolute atomic E-state index is 13.2. The van der Waals surface area contributed by atoms with E-state index in [0.717, 1.165) is 4.90 Å². The molecule has 0 radical (unpaired) electrons. The molecule has 2 aromatic carbocycles. The molecule has 0 spiro atoms. The number of hydrogen-bond acceptors (Lipinski definition) is 4. The fourth-order valence-corrected chi connectivity index (χ4v) is 3.55. The van der Waals surface area contributed by atoms with Gasteiger partial charge in [-0.3, -0.25) is 24.1 Å². The van der Waals surface area contributed by atoms with Crippen LogP contribution in [0, 0.1) is 5.82 Å². The Morgan fingerprint density at radius 3 is 2.16 bits per heavy atom. The van der Waals surface area contributed by atoms with Crippen LogP contribution in [0.15, 0.2) is 48.5 Å². The molecular weight excluding hydrogens is 401 g/mol. The molecule has 8 heteroatoms. The van der Waals surface area contributed by atoms with Gasteiger partial charge in [-0.1, -0.05) is 24.3 Å². The van der Waals surface area contributed by atoms with E-state index < -0.39 is 6.04 Å². The predicted molar refractivity (Wildman–Crippen MR) is 112 cm³/mol. The minimum Gasteiger partial charge on any atom is -0.357 e. The topological polar surface area (TPSA) is 86.8 Å². The van der Waals surface area contributed by atoms with Gasteiger partial charge in [0.1, 0.15) is 11.9 Å². The second-order valence-corrected chi connectivity index (χ2v) is 7.35. The van der Waals surface area contributed by atoms with Crippen molar-refractivity contribution in [3.63, 3.8) is 0 Å². The Kier molecular flexibility index (Phi) is 6.79. The summed E-state index contributed by atoms with van der Waals surface area (Å²) in [5.41, 5.74) is 1.42. The molecule has 162 valence electrons. The van der Waals surface area contributed by atoms with Crippen LogP contribution in [0.3, 0.4) is 0 Å². The minimum absolute atomic E-state index is 0.0515. The molecule has 1 aliphatic heterocycles. The molecule has 0 unspecified atom stereocenters. The fourth-order valence-electron chi connectivity index (χ4n) is 3.55. The molecule has 1 aliphatic rings. The molecule has 4 amide bonds. The lowest BCUT2D eigenvalue weighted by atomic mass is 10.1. The summed E-state index contributed by atoms with van der Waals surface area (Å²) in [5.74, 6) is -1.74. The minimum atomic E-state index is -0.734. The molecule has 0 fully saturated rings. The average Bonchev–Trinajstić information content (AvgIpc) is 3.02. The number of hydrogen-bond donors (Lipinski definition) is 1. The van der Waals surface area contributed by atoms with Crippen molar-refractivity contribution < 1.29 is 23.6 Å². The van der Waals surface area contributed by atoms with E-state index >= 15 is 0 Å². The van der Waals surface area contributed by atoms with Gasteiger partial charge >= 0.3 is 0 Å². The molecule has 31 heavy (non-hydrogen) atoms. The summed E-state index contributed by atoms with van der Waals surface area (Å²) in [6.07, 6.45) is 0.320. The highest BCUT2D eigenvalue weighted by molar-refractivity contribution is 6.21. The fraction of sp³-hybridized carbons (Fsp3) is 0.304. The zero-order valence-electron chi connectivity index (χ0n) is 17.4. The lowest BCUT2D eigenvalue weighted by molar-refractivity contribution is -0.140. The highest BCUT2D eigenvalue weighted by Gasteiger charge is 2.35.